The first kappa shape index (κ1) is 13.2. The van der Waals surface area contributed by atoms with Crippen molar-refractivity contribution in [3.8, 4) is 5.75 Å². The molecule has 108 valence electrons. The lowest BCUT2D eigenvalue weighted by atomic mass is 10.00. The largest absolute Gasteiger partial charge is 0.508 e. The van der Waals surface area contributed by atoms with Crippen LogP contribution in [0.5, 0.6) is 5.75 Å². The Kier molecular flexibility index (Phi) is 2.89. The number of aromatic hydroxyl groups is 1. The van der Waals surface area contributed by atoms with E-state index in [1.54, 1.807) is 12.1 Å². The van der Waals surface area contributed by atoms with E-state index in [9.17, 15) is 18.3 Å². The number of hydrogen-bond acceptors (Lipinski definition) is 5. The maximum Gasteiger partial charge on any atom is 0.415 e. The van der Waals surface area contributed by atoms with Crippen LogP contribution in [-0.4, -0.2) is 43.3 Å². The van der Waals surface area contributed by atoms with Crippen LogP contribution < -0.4 is 4.90 Å². The Bertz CT molecular complexity index is 639. The number of phenols is 1. The third-order valence-electron chi connectivity index (χ3n) is 3.70. The summed E-state index contributed by atoms with van der Waals surface area (Å²) in [5.74, 6) is 0.155. The lowest BCUT2D eigenvalue weighted by molar-refractivity contribution is 0.0643. The molecule has 2 heterocycles. The van der Waals surface area contributed by atoms with Crippen molar-refractivity contribution in [2.24, 2.45) is 0 Å². The SMILES string of the molecule is O=C1OC2(CCCS(=O)(=O)C2)CN1c1ccc(O)cc1. The third-order valence-corrected chi connectivity index (χ3v) is 5.58. The molecule has 1 unspecified atom stereocenters. The normalized spacial score (nSPS) is 28.6. The molecule has 20 heavy (non-hydrogen) atoms. The molecule has 6 nitrogen and oxygen atoms in total. The van der Waals surface area contributed by atoms with Gasteiger partial charge in [0.15, 0.2) is 9.84 Å². The quantitative estimate of drug-likeness (QED) is 0.844. The van der Waals surface area contributed by atoms with Crippen LogP contribution in [0, 0.1) is 0 Å². The Morgan fingerprint density at radius 3 is 2.60 bits per heavy atom. The van der Waals surface area contributed by atoms with E-state index in [1.807, 2.05) is 0 Å². The second-order valence-corrected chi connectivity index (χ2v) is 7.53. The standard InChI is InChI=1S/C13H15NO5S/c15-11-4-2-10(3-5-11)14-8-13(19-12(14)16)6-1-7-20(17,18)9-13/h2-5,15H,1,6-9H2. The molecule has 0 aromatic heterocycles. The molecule has 3 rings (SSSR count). The van der Waals surface area contributed by atoms with Crippen LogP contribution in [0.4, 0.5) is 10.5 Å². The fourth-order valence-corrected chi connectivity index (χ4v) is 4.64. The summed E-state index contributed by atoms with van der Waals surface area (Å²) in [6.07, 6.45) is 0.541. The van der Waals surface area contributed by atoms with Gasteiger partial charge in [0, 0.05) is 5.69 Å². The molecule has 1 amide bonds. The van der Waals surface area contributed by atoms with Gasteiger partial charge in [0.25, 0.3) is 0 Å². The summed E-state index contributed by atoms with van der Waals surface area (Å²) in [6.45, 7) is 0.232. The number of carbonyl (C=O) groups excluding carboxylic acids is 1. The van der Waals surface area contributed by atoms with Crippen molar-refractivity contribution in [1.82, 2.24) is 0 Å². The maximum atomic E-state index is 12.0. The molecular formula is C13H15NO5S. The molecule has 2 aliphatic heterocycles. The van der Waals surface area contributed by atoms with E-state index >= 15 is 0 Å². The first-order chi connectivity index (χ1) is 9.39. The molecule has 7 heteroatoms. The van der Waals surface area contributed by atoms with E-state index in [-0.39, 0.29) is 23.8 Å². The minimum absolute atomic E-state index is 0.108. The van der Waals surface area contributed by atoms with Crippen LogP contribution in [0.25, 0.3) is 0 Å². The summed E-state index contributed by atoms with van der Waals surface area (Å²) in [7, 11) is -3.15. The van der Waals surface area contributed by atoms with Gasteiger partial charge >= 0.3 is 6.09 Å². The van der Waals surface area contributed by atoms with E-state index < -0.39 is 21.5 Å². The van der Waals surface area contributed by atoms with Crippen molar-refractivity contribution in [2.45, 2.75) is 18.4 Å². The number of rotatable bonds is 1. The average Bonchev–Trinajstić information content (AvgIpc) is 2.65. The highest BCUT2D eigenvalue weighted by atomic mass is 32.2. The summed E-state index contributed by atoms with van der Waals surface area (Å²) in [4.78, 5) is 13.4. The van der Waals surface area contributed by atoms with Crippen LogP contribution in [0.2, 0.25) is 0 Å². The minimum Gasteiger partial charge on any atom is -0.508 e. The van der Waals surface area contributed by atoms with E-state index in [0.717, 1.165) is 0 Å². The number of benzene rings is 1. The summed E-state index contributed by atoms with van der Waals surface area (Å²) in [5, 5.41) is 9.26. The van der Waals surface area contributed by atoms with Crippen molar-refractivity contribution in [1.29, 1.82) is 0 Å². The van der Waals surface area contributed by atoms with Crippen LogP contribution >= 0.6 is 0 Å². The van der Waals surface area contributed by atoms with E-state index in [4.69, 9.17) is 4.74 Å². The first-order valence-corrected chi connectivity index (χ1v) is 8.21. The van der Waals surface area contributed by atoms with Crippen LogP contribution in [0.1, 0.15) is 12.8 Å². The van der Waals surface area contributed by atoms with Crippen LogP contribution in [0.3, 0.4) is 0 Å². The number of sulfone groups is 1. The minimum atomic E-state index is -3.15. The Morgan fingerprint density at radius 2 is 1.95 bits per heavy atom. The van der Waals surface area contributed by atoms with Crippen molar-refractivity contribution in [3.05, 3.63) is 24.3 Å². The number of ether oxygens (including phenoxy) is 1. The zero-order valence-corrected chi connectivity index (χ0v) is 11.6. The van der Waals surface area contributed by atoms with Crippen LogP contribution in [-0.2, 0) is 14.6 Å². The van der Waals surface area contributed by atoms with Gasteiger partial charge in [-0.3, -0.25) is 4.90 Å². The highest BCUT2D eigenvalue weighted by molar-refractivity contribution is 7.91. The average molecular weight is 297 g/mol. The van der Waals surface area contributed by atoms with Crippen molar-refractivity contribution in [2.75, 3.05) is 23.0 Å². The number of hydrogen-bond donors (Lipinski definition) is 1. The third kappa shape index (κ3) is 2.33. The van der Waals surface area contributed by atoms with Crippen molar-refractivity contribution in [3.63, 3.8) is 0 Å². The van der Waals surface area contributed by atoms with Gasteiger partial charge in [0.05, 0.1) is 18.1 Å². The van der Waals surface area contributed by atoms with Crippen LogP contribution in [0.15, 0.2) is 24.3 Å². The van der Waals surface area contributed by atoms with Gasteiger partial charge in [-0.25, -0.2) is 13.2 Å². The topological polar surface area (TPSA) is 83.9 Å². The lowest BCUT2D eigenvalue weighted by Gasteiger charge is -2.30. The molecule has 0 aliphatic carbocycles. The summed E-state index contributed by atoms with van der Waals surface area (Å²) in [6, 6.07) is 6.16. The number of nitrogens with zero attached hydrogens (tertiary/aromatic N) is 1. The molecule has 1 aromatic carbocycles. The number of anilines is 1. The predicted molar refractivity (Wildman–Crippen MR) is 72.6 cm³/mol. The molecule has 0 bridgehead atoms. The Labute approximate surface area is 116 Å². The molecule has 1 N–H and O–H groups in total. The van der Waals surface area contributed by atoms with Gasteiger partial charge in [0.1, 0.15) is 11.4 Å². The number of amides is 1. The molecule has 0 radical (unpaired) electrons. The highest BCUT2D eigenvalue weighted by Crippen LogP contribution is 2.35. The second kappa shape index (κ2) is 4.37. The number of phenolic OH excluding ortho intramolecular Hbond substituents is 1. The van der Waals surface area contributed by atoms with Gasteiger partial charge in [-0.1, -0.05) is 0 Å². The van der Waals surface area contributed by atoms with Gasteiger partial charge in [-0.2, -0.15) is 0 Å². The molecule has 1 spiro atoms. The fraction of sp³-hybridized carbons (Fsp3) is 0.462. The van der Waals surface area contributed by atoms with E-state index in [0.29, 0.717) is 18.5 Å². The van der Waals surface area contributed by atoms with Crippen molar-refractivity contribution >= 4 is 21.6 Å². The molecule has 2 saturated heterocycles. The monoisotopic (exact) mass is 297 g/mol. The molecule has 0 saturated carbocycles. The van der Waals surface area contributed by atoms with E-state index in [2.05, 4.69) is 0 Å². The summed E-state index contributed by atoms with van der Waals surface area (Å²) >= 11 is 0. The predicted octanol–water partition coefficient (Wildman–Crippen LogP) is 1.30. The first-order valence-electron chi connectivity index (χ1n) is 6.39. The van der Waals surface area contributed by atoms with Gasteiger partial charge in [-0.15, -0.1) is 0 Å². The Hall–Kier alpha value is -1.76. The molecule has 2 fully saturated rings. The summed E-state index contributed by atoms with van der Waals surface area (Å²) < 4.78 is 28.9. The molecular weight excluding hydrogens is 282 g/mol. The molecule has 2 aliphatic rings. The lowest BCUT2D eigenvalue weighted by Crippen LogP contribution is -2.45. The fourth-order valence-electron chi connectivity index (χ4n) is 2.82. The maximum absolute atomic E-state index is 12.0. The van der Waals surface area contributed by atoms with E-state index in [1.165, 1.54) is 17.0 Å². The van der Waals surface area contributed by atoms with Crippen molar-refractivity contribution < 1.29 is 23.1 Å². The molecule has 1 aromatic rings. The number of carbonyl (C=O) groups is 1. The second-order valence-electron chi connectivity index (χ2n) is 5.35. The zero-order chi connectivity index (χ0) is 14.4. The van der Waals surface area contributed by atoms with Gasteiger partial charge in [-0.05, 0) is 37.1 Å². The summed E-state index contributed by atoms with van der Waals surface area (Å²) in [5.41, 5.74) is -0.334. The zero-order valence-electron chi connectivity index (χ0n) is 10.8. The molecule has 1 atom stereocenters. The van der Waals surface area contributed by atoms with Gasteiger partial charge in [0.2, 0.25) is 0 Å². The smallest absolute Gasteiger partial charge is 0.415 e. The Balaban J connectivity index is 1.86. The van der Waals surface area contributed by atoms with Gasteiger partial charge < -0.3 is 9.84 Å². The highest BCUT2D eigenvalue weighted by Gasteiger charge is 2.50. The Morgan fingerprint density at radius 1 is 1.25 bits per heavy atom.